The second-order valence-corrected chi connectivity index (χ2v) is 5.70. The van der Waals surface area contributed by atoms with E-state index < -0.39 is 5.60 Å². The fourth-order valence-electron chi connectivity index (χ4n) is 1.76. The Kier molecular flexibility index (Phi) is 4.61. The van der Waals surface area contributed by atoms with E-state index in [-0.39, 0.29) is 0 Å². The molecule has 0 aromatic carbocycles. The molecule has 2 aromatic rings. The highest BCUT2D eigenvalue weighted by Crippen LogP contribution is 2.24. The summed E-state index contributed by atoms with van der Waals surface area (Å²) in [5, 5.41) is 17.1. The summed E-state index contributed by atoms with van der Waals surface area (Å²) in [5.74, 6) is 2.26. The van der Waals surface area contributed by atoms with Gasteiger partial charge in [-0.1, -0.05) is 5.16 Å². The summed E-state index contributed by atoms with van der Waals surface area (Å²) in [6, 6.07) is 3.66. The first-order valence-corrected chi connectivity index (χ1v) is 7.62. The third kappa shape index (κ3) is 3.71. The second-order valence-electron chi connectivity index (χ2n) is 4.83. The molecule has 2 rings (SSSR count). The predicted octanol–water partition coefficient (Wildman–Crippen LogP) is 1.97. The Hall–Kier alpha value is -1.60. The van der Waals surface area contributed by atoms with Crippen LogP contribution in [-0.4, -0.2) is 44.4 Å². The van der Waals surface area contributed by atoms with Crippen LogP contribution in [0.2, 0.25) is 0 Å². The summed E-state index contributed by atoms with van der Waals surface area (Å²) in [6.45, 7) is 3.95. The molecule has 6 nitrogen and oxygen atoms in total. The number of pyridine rings is 1. The molecule has 0 saturated heterocycles. The number of nitrogens with zero attached hydrogens (tertiary/aromatic N) is 3. The quantitative estimate of drug-likeness (QED) is 0.842. The monoisotopic (exact) mass is 294 g/mol. The third-order valence-corrected chi connectivity index (χ3v) is 3.57. The van der Waals surface area contributed by atoms with E-state index >= 15 is 0 Å². The van der Waals surface area contributed by atoms with Crippen molar-refractivity contribution >= 4 is 17.6 Å². The van der Waals surface area contributed by atoms with Crippen molar-refractivity contribution in [3.05, 3.63) is 24.2 Å². The first-order valence-electron chi connectivity index (χ1n) is 6.23. The molecule has 1 atom stereocenters. The molecule has 0 bridgehead atoms. The molecule has 1 unspecified atom stereocenters. The molecular weight excluding hydrogens is 276 g/mol. The number of hydrogen-bond acceptors (Lipinski definition) is 7. The van der Waals surface area contributed by atoms with Crippen LogP contribution in [0.3, 0.4) is 0 Å². The van der Waals surface area contributed by atoms with Gasteiger partial charge in [0.15, 0.2) is 5.82 Å². The number of anilines is 1. The smallest absolute Gasteiger partial charge is 0.261 e. The fourth-order valence-corrected chi connectivity index (χ4v) is 2.49. The summed E-state index contributed by atoms with van der Waals surface area (Å²) in [4.78, 5) is 8.47. The van der Waals surface area contributed by atoms with Crippen LogP contribution in [0.1, 0.15) is 12.7 Å². The zero-order valence-corrected chi connectivity index (χ0v) is 12.6. The molecule has 0 radical (unpaired) electrons. The van der Waals surface area contributed by atoms with Crippen LogP contribution >= 0.6 is 11.8 Å². The van der Waals surface area contributed by atoms with Gasteiger partial charge in [0, 0.05) is 18.5 Å². The maximum absolute atomic E-state index is 10.2. The molecule has 2 heterocycles. The lowest BCUT2D eigenvalue weighted by Gasteiger charge is -2.23. The summed E-state index contributed by atoms with van der Waals surface area (Å²) in [7, 11) is 0. The molecule has 20 heavy (non-hydrogen) atoms. The van der Waals surface area contributed by atoms with E-state index in [0.29, 0.717) is 29.8 Å². The van der Waals surface area contributed by atoms with E-state index in [0.717, 1.165) is 5.56 Å². The standard InChI is InChI=1S/C13H18N4O2S/c1-9-16-12(19-17-9)10-5-4-6-14-11(10)15-7-13(2,18)8-20-3/h4-6,18H,7-8H2,1-3H3,(H,14,15). The van der Waals surface area contributed by atoms with Gasteiger partial charge in [-0.05, 0) is 32.2 Å². The van der Waals surface area contributed by atoms with Gasteiger partial charge in [-0.25, -0.2) is 4.98 Å². The molecule has 0 spiro atoms. The molecule has 0 aliphatic carbocycles. The molecule has 0 saturated carbocycles. The number of nitrogens with one attached hydrogen (secondary N) is 1. The zero-order valence-electron chi connectivity index (χ0n) is 11.8. The number of hydrogen-bond donors (Lipinski definition) is 2. The van der Waals surface area contributed by atoms with Gasteiger partial charge in [-0.3, -0.25) is 0 Å². The van der Waals surface area contributed by atoms with Crippen molar-refractivity contribution in [2.45, 2.75) is 19.4 Å². The first kappa shape index (κ1) is 14.8. The Labute approximate surface area is 122 Å². The number of aliphatic hydroxyl groups is 1. The van der Waals surface area contributed by atoms with E-state index in [4.69, 9.17) is 4.52 Å². The van der Waals surface area contributed by atoms with Crippen LogP contribution in [0.25, 0.3) is 11.5 Å². The molecule has 0 amide bonds. The van der Waals surface area contributed by atoms with Gasteiger partial charge in [0.05, 0.1) is 11.2 Å². The molecular formula is C13H18N4O2S. The fraction of sp³-hybridized carbons (Fsp3) is 0.462. The highest BCUT2D eigenvalue weighted by atomic mass is 32.2. The molecule has 2 aromatic heterocycles. The van der Waals surface area contributed by atoms with Crippen molar-refractivity contribution in [3.63, 3.8) is 0 Å². The number of aryl methyl sites for hydroxylation is 1. The van der Waals surface area contributed by atoms with Crippen LogP contribution in [0.4, 0.5) is 5.82 Å². The molecule has 2 N–H and O–H groups in total. The Morgan fingerprint density at radius 1 is 1.50 bits per heavy atom. The van der Waals surface area contributed by atoms with Gasteiger partial charge in [0.2, 0.25) is 0 Å². The van der Waals surface area contributed by atoms with Crippen LogP contribution in [0.15, 0.2) is 22.9 Å². The number of aromatic nitrogens is 3. The van der Waals surface area contributed by atoms with Gasteiger partial charge < -0.3 is 14.9 Å². The van der Waals surface area contributed by atoms with Crippen molar-refractivity contribution in [2.24, 2.45) is 0 Å². The average molecular weight is 294 g/mol. The van der Waals surface area contributed by atoms with E-state index in [2.05, 4.69) is 20.4 Å². The summed E-state index contributed by atoms with van der Waals surface area (Å²) < 4.78 is 5.16. The first-order chi connectivity index (χ1) is 9.52. The van der Waals surface area contributed by atoms with E-state index in [1.54, 1.807) is 37.9 Å². The summed E-state index contributed by atoms with van der Waals surface area (Å²) in [5.41, 5.74) is -0.0769. The second kappa shape index (κ2) is 6.23. The van der Waals surface area contributed by atoms with Crippen LogP contribution in [0, 0.1) is 6.92 Å². The Morgan fingerprint density at radius 3 is 2.95 bits per heavy atom. The Balaban J connectivity index is 2.17. The Bertz CT molecular complexity index is 571. The van der Waals surface area contributed by atoms with Crippen molar-refractivity contribution in [1.29, 1.82) is 0 Å². The number of thioether (sulfide) groups is 1. The van der Waals surface area contributed by atoms with Gasteiger partial charge in [-0.15, -0.1) is 0 Å². The Morgan fingerprint density at radius 2 is 2.30 bits per heavy atom. The summed E-state index contributed by atoms with van der Waals surface area (Å²) >= 11 is 1.60. The lowest BCUT2D eigenvalue weighted by molar-refractivity contribution is 0.0996. The minimum absolute atomic E-state index is 0.394. The molecule has 0 fully saturated rings. The van der Waals surface area contributed by atoms with E-state index in [1.807, 2.05) is 12.3 Å². The maximum Gasteiger partial charge on any atom is 0.261 e. The van der Waals surface area contributed by atoms with Crippen LogP contribution in [0.5, 0.6) is 0 Å². The van der Waals surface area contributed by atoms with Crippen molar-refractivity contribution < 1.29 is 9.63 Å². The minimum atomic E-state index is -0.807. The molecule has 0 aliphatic heterocycles. The maximum atomic E-state index is 10.2. The molecule has 0 aliphatic rings. The van der Waals surface area contributed by atoms with Crippen molar-refractivity contribution in [2.75, 3.05) is 23.9 Å². The van der Waals surface area contributed by atoms with Crippen LogP contribution < -0.4 is 5.32 Å². The predicted molar refractivity (Wildman–Crippen MR) is 79.8 cm³/mol. The normalized spacial score (nSPS) is 14.0. The van der Waals surface area contributed by atoms with E-state index in [1.165, 1.54) is 0 Å². The third-order valence-electron chi connectivity index (χ3n) is 2.66. The highest BCUT2D eigenvalue weighted by molar-refractivity contribution is 7.98. The molecule has 108 valence electrons. The number of rotatable bonds is 6. The SMILES string of the molecule is CSCC(C)(O)CNc1ncccc1-c1nc(C)no1. The zero-order chi connectivity index (χ0) is 14.6. The van der Waals surface area contributed by atoms with Gasteiger partial charge in [0.25, 0.3) is 5.89 Å². The van der Waals surface area contributed by atoms with Crippen LogP contribution in [-0.2, 0) is 0 Å². The minimum Gasteiger partial charge on any atom is -0.387 e. The average Bonchev–Trinajstić information content (AvgIpc) is 2.83. The van der Waals surface area contributed by atoms with Gasteiger partial charge >= 0.3 is 0 Å². The lowest BCUT2D eigenvalue weighted by atomic mass is 10.1. The molecule has 7 heteroatoms. The highest BCUT2D eigenvalue weighted by Gasteiger charge is 2.21. The largest absolute Gasteiger partial charge is 0.387 e. The van der Waals surface area contributed by atoms with Crippen molar-refractivity contribution in [3.8, 4) is 11.5 Å². The summed E-state index contributed by atoms with van der Waals surface area (Å²) in [6.07, 6.45) is 3.64. The van der Waals surface area contributed by atoms with Gasteiger partial charge in [-0.2, -0.15) is 16.7 Å². The van der Waals surface area contributed by atoms with E-state index in [9.17, 15) is 5.11 Å². The lowest BCUT2D eigenvalue weighted by Crippen LogP contribution is -2.36. The topological polar surface area (TPSA) is 84.1 Å². The van der Waals surface area contributed by atoms with Crippen molar-refractivity contribution in [1.82, 2.24) is 15.1 Å². The van der Waals surface area contributed by atoms with Gasteiger partial charge in [0.1, 0.15) is 5.82 Å².